The van der Waals surface area contributed by atoms with Crippen molar-refractivity contribution in [3.63, 3.8) is 0 Å². The minimum absolute atomic E-state index is 0.0258. The summed E-state index contributed by atoms with van der Waals surface area (Å²) in [4.78, 5) is 19.9. The minimum Gasteiger partial charge on any atom is -0.394 e. The predicted octanol–water partition coefficient (Wildman–Crippen LogP) is 4.17. The van der Waals surface area contributed by atoms with Crippen LogP contribution in [-0.4, -0.2) is 44.7 Å². The fourth-order valence-electron chi connectivity index (χ4n) is 2.87. The maximum Gasteiger partial charge on any atom is 0.192 e. The Balaban J connectivity index is 1.96. The number of anilines is 2. The number of thiazole rings is 1. The summed E-state index contributed by atoms with van der Waals surface area (Å²) in [5, 5.41) is 11.4. The van der Waals surface area contributed by atoms with E-state index >= 15 is 0 Å². The predicted molar refractivity (Wildman–Crippen MR) is 117 cm³/mol. The molecule has 28 heavy (non-hydrogen) atoms. The maximum atomic E-state index is 9.81. The summed E-state index contributed by atoms with van der Waals surface area (Å²) in [5.41, 5.74) is 7.54. The van der Waals surface area contributed by atoms with Gasteiger partial charge in [-0.3, -0.25) is 0 Å². The molecular weight excluding hydrogens is 416 g/mol. The van der Waals surface area contributed by atoms with Crippen molar-refractivity contribution in [1.29, 1.82) is 0 Å². The van der Waals surface area contributed by atoms with Crippen molar-refractivity contribution in [2.45, 2.75) is 43.1 Å². The number of aromatic nitrogens is 4. The lowest BCUT2D eigenvalue weighted by Gasteiger charge is -2.27. The quantitative estimate of drug-likeness (QED) is 0.307. The van der Waals surface area contributed by atoms with Gasteiger partial charge in [-0.25, -0.2) is 19.9 Å². The van der Waals surface area contributed by atoms with Gasteiger partial charge in [0.1, 0.15) is 9.85 Å². The molecule has 0 saturated heterocycles. The highest BCUT2D eigenvalue weighted by Gasteiger charge is 2.22. The Labute approximate surface area is 177 Å². The van der Waals surface area contributed by atoms with Gasteiger partial charge in [-0.05, 0) is 25.0 Å². The third-order valence-electron chi connectivity index (χ3n) is 4.45. The van der Waals surface area contributed by atoms with Gasteiger partial charge >= 0.3 is 0 Å². The van der Waals surface area contributed by atoms with E-state index in [-0.39, 0.29) is 17.9 Å². The summed E-state index contributed by atoms with van der Waals surface area (Å²) >= 11 is 8.76. The zero-order valence-electron chi connectivity index (χ0n) is 16.0. The molecule has 0 spiro atoms. The lowest BCUT2D eigenvalue weighted by molar-refractivity contribution is 0.255. The van der Waals surface area contributed by atoms with E-state index in [1.54, 1.807) is 12.3 Å². The molecule has 0 bridgehead atoms. The minimum atomic E-state index is -0.0258. The Morgan fingerprint density at radius 1 is 1.32 bits per heavy atom. The first-order chi connectivity index (χ1) is 13.4. The number of rotatable bonds is 8. The van der Waals surface area contributed by atoms with Crippen LogP contribution in [0.3, 0.4) is 0 Å². The number of nitrogen functional groups attached to an aromatic ring is 1. The summed E-state index contributed by atoms with van der Waals surface area (Å²) in [6, 6.07) is 3.69. The van der Waals surface area contributed by atoms with Crippen molar-refractivity contribution < 1.29 is 5.11 Å². The Morgan fingerprint density at radius 3 is 2.75 bits per heavy atom. The maximum absolute atomic E-state index is 9.81. The highest BCUT2D eigenvalue weighted by molar-refractivity contribution is 7.99. The van der Waals surface area contributed by atoms with Crippen LogP contribution in [0.15, 0.2) is 23.5 Å². The van der Waals surface area contributed by atoms with Crippen molar-refractivity contribution in [2.75, 3.05) is 24.3 Å². The molecule has 10 heteroatoms. The Hall–Kier alpha value is -1.68. The Morgan fingerprint density at radius 2 is 2.11 bits per heavy atom. The van der Waals surface area contributed by atoms with Crippen LogP contribution in [0, 0.1) is 0 Å². The number of fused-ring (bicyclic) bond motifs is 1. The van der Waals surface area contributed by atoms with Gasteiger partial charge in [0, 0.05) is 18.5 Å². The molecule has 2 unspecified atom stereocenters. The van der Waals surface area contributed by atoms with Crippen LogP contribution in [0.2, 0.25) is 5.15 Å². The van der Waals surface area contributed by atoms with Crippen LogP contribution in [-0.2, 0) is 0 Å². The van der Waals surface area contributed by atoms with Gasteiger partial charge in [-0.15, -0.1) is 0 Å². The summed E-state index contributed by atoms with van der Waals surface area (Å²) in [7, 11) is 1.94. The van der Waals surface area contributed by atoms with Gasteiger partial charge in [0.15, 0.2) is 21.8 Å². The average Bonchev–Trinajstić information content (AvgIpc) is 3.05. The average molecular weight is 439 g/mol. The second-order valence-corrected chi connectivity index (χ2v) is 9.17. The molecule has 150 valence electrons. The van der Waals surface area contributed by atoms with Gasteiger partial charge in [0.05, 0.1) is 12.6 Å². The molecule has 0 aliphatic rings. The number of aliphatic hydroxyl groups is 1. The molecule has 0 fully saturated rings. The number of likely N-dealkylation sites (N-methyl/N-ethyl adjacent to an activating group) is 1. The van der Waals surface area contributed by atoms with Crippen molar-refractivity contribution in [3.05, 3.63) is 29.0 Å². The van der Waals surface area contributed by atoms with Crippen molar-refractivity contribution in [2.24, 2.45) is 0 Å². The largest absolute Gasteiger partial charge is 0.394 e. The molecule has 0 radical (unpaired) electrons. The van der Waals surface area contributed by atoms with Crippen LogP contribution in [0.4, 0.5) is 10.9 Å². The number of nitrogens with zero attached hydrogens (tertiary/aromatic N) is 5. The molecule has 3 heterocycles. The number of hydrogen-bond acceptors (Lipinski definition) is 9. The first kappa shape index (κ1) is 21.0. The van der Waals surface area contributed by atoms with Crippen LogP contribution >= 0.6 is 34.7 Å². The van der Waals surface area contributed by atoms with E-state index in [4.69, 9.17) is 22.3 Å². The molecule has 0 aliphatic carbocycles. The number of aliphatic hydroxyl groups excluding tert-OH is 1. The lowest BCUT2D eigenvalue weighted by Crippen LogP contribution is -2.35. The van der Waals surface area contributed by atoms with Crippen molar-refractivity contribution in [1.82, 2.24) is 19.9 Å². The number of pyridine rings is 1. The summed E-state index contributed by atoms with van der Waals surface area (Å²) in [6.07, 6.45) is 3.59. The summed E-state index contributed by atoms with van der Waals surface area (Å²) in [6.45, 7) is 4.22. The van der Waals surface area contributed by atoms with Crippen LogP contribution < -0.4 is 10.6 Å². The van der Waals surface area contributed by atoms with Crippen LogP contribution in [0.5, 0.6) is 0 Å². The highest BCUT2D eigenvalue weighted by Crippen LogP contribution is 2.37. The molecular formula is C18H23ClN6OS2. The van der Waals surface area contributed by atoms with Crippen LogP contribution in [0.1, 0.15) is 37.5 Å². The number of hydrogen-bond donors (Lipinski definition) is 2. The van der Waals surface area contributed by atoms with E-state index in [0.29, 0.717) is 21.1 Å². The van der Waals surface area contributed by atoms with E-state index in [0.717, 1.165) is 28.9 Å². The summed E-state index contributed by atoms with van der Waals surface area (Å²) in [5.74, 6) is 0.746. The molecule has 2 atom stereocenters. The molecule has 3 N–H and O–H groups in total. The highest BCUT2D eigenvalue weighted by atomic mass is 35.5. The van der Waals surface area contributed by atoms with E-state index in [1.165, 1.54) is 23.1 Å². The van der Waals surface area contributed by atoms with Gasteiger partial charge in [-0.2, -0.15) is 0 Å². The second-order valence-electron chi connectivity index (χ2n) is 6.44. The third kappa shape index (κ3) is 4.65. The van der Waals surface area contributed by atoms with Crippen molar-refractivity contribution >= 4 is 56.0 Å². The van der Waals surface area contributed by atoms with Gasteiger partial charge in [-0.1, -0.05) is 54.1 Å². The van der Waals surface area contributed by atoms with E-state index < -0.39 is 0 Å². The zero-order chi connectivity index (χ0) is 20.3. The molecule has 0 saturated carbocycles. The van der Waals surface area contributed by atoms with Crippen molar-refractivity contribution in [3.8, 4) is 0 Å². The van der Waals surface area contributed by atoms with E-state index in [2.05, 4.69) is 28.8 Å². The molecule has 7 nitrogen and oxygen atoms in total. The second kappa shape index (κ2) is 9.21. The van der Waals surface area contributed by atoms with Gasteiger partial charge in [0.2, 0.25) is 0 Å². The smallest absolute Gasteiger partial charge is 0.192 e. The Kier molecular flexibility index (Phi) is 6.92. The number of halogens is 1. The van der Waals surface area contributed by atoms with Crippen LogP contribution in [0.25, 0.3) is 10.3 Å². The standard InChI is InChI=1S/C18H23ClN6OS2/c1-4-5-12(9-26)25(3)16-14-15(22-17(20)28-14)23-18(24-16)27-10(2)11-6-7-13(19)21-8-11/h6-8,10,12,26H,4-5,9H2,1-3H3,(H2,20,22,23,24). The third-order valence-corrected chi connectivity index (χ3v) is 6.56. The normalized spacial score (nSPS) is 13.6. The fourth-order valence-corrected chi connectivity index (χ4v) is 4.65. The molecule has 3 aromatic heterocycles. The SMILES string of the molecule is CCCC(CO)N(C)c1nc(SC(C)c2ccc(Cl)nc2)nc2nc(N)sc12. The monoisotopic (exact) mass is 438 g/mol. The molecule has 0 aromatic carbocycles. The van der Waals surface area contributed by atoms with Gasteiger partial charge < -0.3 is 15.7 Å². The first-order valence-corrected chi connectivity index (χ1v) is 11.1. The lowest BCUT2D eigenvalue weighted by atomic mass is 10.1. The Bertz CT molecular complexity index is 936. The number of nitrogens with two attached hydrogens (primary N) is 1. The topological polar surface area (TPSA) is 101 Å². The fraction of sp³-hybridized carbons (Fsp3) is 0.444. The molecule has 3 aromatic rings. The first-order valence-electron chi connectivity index (χ1n) is 8.98. The molecule has 0 aliphatic heterocycles. The summed E-state index contributed by atoms with van der Waals surface area (Å²) < 4.78 is 0.833. The molecule has 0 amide bonds. The zero-order valence-corrected chi connectivity index (χ0v) is 18.4. The number of thioether (sulfide) groups is 1. The van der Waals surface area contributed by atoms with E-state index in [1.807, 2.05) is 18.0 Å². The molecule has 3 rings (SSSR count). The van der Waals surface area contributed by atoms with Gasteiger partial charge in [0.25, 0.3) is 0 Å². The van der Waals surface area contributed by atoms with E-state index in [9.17, 15) is 5.11 Å².